The van der Waals surface area contributed by atoms with Crippen LogP contribution in [0.25, 0.3) is 0 Å². The first-order valence-corrected chi connectivity index (χ1v) is 7.68. The normalized spacial score (nSPS) is 16.0. The molecule has 0 spiro atoms. The molecule has 1 saturated heterocycles. The van der Waals surface area contributed by atoms with E-state index < -0.39 is 0 Å². The SMILES string of the molecule is NCCc1ccc(OCCOCCN2CCOCC2)cc1. The Balaban J connectivity index is 1.51. The standard InChI is InChI=1S/C16H26N2O3/c17-6-5-15-1-3-16(4-2-15)21-14-13-20-12-9-18-7-10-19-11-8-18/h1-4H,5-14,17H2. The molecule has 1 aromatic carbocycles. The van der Waals surface area contributed by atoms with Gasteiger partial charge in [0.2, 0.25) is 0 Å². The molecule has 0 aliphatic carbocycles. The minimum atomic E-state index is 0.583. The molecule has 0 radical (unpaired) electrons. The van der Waals surface area contributed by atoms with E-state index in [1.54, 1.807) is 0 Å². The van der Waals surface area contributed by atoms with Crippen LogP contribution in [-0.4, -0.2) is 64.1 Å². The number of hydrogen-bond acceptors (Lipinski definition) is 5. The third-order valence-corrected chi connectivity index (χ3v) is 3.51. The van der Waals surface area contributed by atoms with E-state index in [0.29, 0.717) is 19.8 Å². The van der Waals surface area contributed by atoms with E-state index in [4.69, 9.17) is 19.9 Å². The topological polar surface area (TPSA) is 57.0 Å². The molecule has 0 atom stereocenters. The van der Waals surface area contributed by atoms with Gasteiger partial charge in [-0.1, -0.05) is 12.1 Å². The Hall–Kier alpha value is -1.14. The van der Waals surface area contributed by atoms with Gasteiger partial charge in [-0.15, -0.1) is 0 Å². The molecule has 0 unspecified atom stereocenters. The Morgan fingerprint density at radius 1 is 1.05 bits per heavy atom. The predicted octanol–water partition coefficient (Wildman–Crippen LogP) is 0.915. The van der Waals surface area contributed by atoms with E-state index in [-0.39, 0.29) is 0 Å². The van der Waals surface area contributed by atoms with Gasteiger partial charge in [0.1, 0.15) is 12.4 Å². The van der Waals surface area contributed by atoms with Crippen molar-refractivity contribution < 1.29 is 14.2 Å². The number of rotatable bonds is 9. The zero-order valence-electron chi connectivity index (χ0n) is 12.6. The summed E-state index contributed by atoms with van der Waals surface area (Å²) in [7, 11) is 0. The third-order valence-electron chi connectivity index (χ3n) is 3.51. The lowest BCUT2D eigenvalue weighted by molar-refractivity contribution is 0.0170. The van der Waals surface area contributed by atoms with Crippen LogP contribution in [0.5, 0.6) is 5.75 Å². The summed E-state index contributed by atoms with van der Waals surface area (Å²) in [5, 5.41) is 0. The minimum Gasteiger partial charge on any atom is -0.491 e. The average molecular weight is 294 g/mol. The second-order valence-electron chi connectivity index (χ2n) is 5.10. The Labute approximate surface area is 127 Å². The summed E-state index contributed by atoms with van der Waals surface area (Å²) in [6.07, 6.45) is 0.908. The molecule has 1 aliphatic rings. The van der Waals surface area contributed by atoms with Gasteiger partial charge in [0, 0.05) is 19.6 Å². The fourth-order valence-corrected chi connectivity index (χ4v) is 2.26. The lowest BCUT2D eigenvalue weighted by Crippen LogP contribution is -2.38. The van der Waals surface area contributed by atoms with Gasteiger partial charge in [-0.05, 0) is 30.7 Å². The molecule has 5 heteroatoms. The first-order chi connectivity index (χ1) is 10.4. The molecule has 0 aromatic heterocycles. The van der Waals surface area contributed by atoms with Gasteiger partial charge in [0.25, 0.3) is 0 Å². The largest absolute Gasteiger partial charge is 0.491 e. The first-order valence-electron chi connectivity index (χ1n) is 7.68. The van der Waals surface area contributed by atoms with Crippen molar-refractivity contribution in [3.8, 4) is 5.75 Å². The van der Waals surface area contributed by atoms with Crippen molar-refractivity contribution in [3.63, 3.8) is 0 Å². The summed E-state index contributed by atoms with van der Waals surface area (Å²) in [4.78, 5) is 2.36. The molecule has 1 aliphatic heterocycles. The van der Waals surface area contributed by atoms with Crippen molar-refractivity contribution in [1.29, 1.82) is 0 Å². The van der Waals surface area contributed by atoms with Gasteiger partial charge in [-0.2, -0.15) is 0 Å². The molecule has 0 amide bonds. The molecule has 2 rings (SSSR count). The smallest absolute Gasteiger partial charge is 0.119 e. The fourth-order valence-electron chi connectivity index (χ4n) is 2.26. The van der Waals surface area contributed by atoms with Crippen molar-refractivity contribution >= 4 is 0 Å². The van der Waals surface area contributed by atoms with Crippen molar-refractivity contribution in [2.45, 2.75) is 6.42 Å². The quantitative estimate of drug-likeness (QED) is 0.686. The Morgan fingerprint density at radius 2 is 1.81 bits per heavy atom. The summed E-state index contributed by atoms with van der Waals surface area (Å²) < 4.78 is 16.5. The van der Waals surface area contributed by atoms with Crippen LogP contribution in [0.15, 0.2) is 24.3 Å². The Morgan fingerprint density at radius 3 is 2.52 bits per heavy atom. The van der Waals surface area contributed by atoms with Gasteiger partial charge in [-0.25, -0.2) is 0 Å². The van der Waals surface area contributed by atoms with Crippen LogP contribution in [0, 0.1) is 0 Å². The lowest BCUT2D eigenvalue weighted by Gasteiger charge is -2.26. The summed E-state index contributed by atoms with van der Waals surface area (Å²) in [5.74, 6) is 0.882. The average Bonchev–Trinajstić information content (AvgIpc) is 2.53. The maximum Gasteiger partial charge on any atom is 0.119 e. The highest BCUT2D eigenvalue weighted by Gasteiger charge is 2.09. The van der Waals surface area contributed by atoms with Crippen LogP contribution in [0.1, 0.15) is 5.56 Å². The maximum atomic E-state index is 5.64. The predicted molar refractivity (Wildman–Crippen MR) is 82.8 cm³/mol. The highest BCUT2D eigenvalue weighted by atomic mass is 16.5. The molecule has 0 bridgehead atoms. The van der Waals surface area contributed by atoms with Gasteiger partial charge in [-0.3, -0.25) is 4.90 Å². The summed E-state index contributed by atoms with van der Waals surface area (Å²) >= 11 is 0. The highest BCUT2D eigenvalue weighted by Crippen LogP contribution is 2.12. The zero-order chi connectivity index (χ0) is 14.8. The van der Waals surface area contributed by atoms with Crippen molar-refractivity contribution in [2.24, 2.45) is 5.73 Å². The summed E-state index contributed by atoms with van der Waals surface area (Å²) in [6, 6.07) is 8.08. The number of ether oxygens (including phenoxy) is 3. The van der Waals surface area contributed by atoms with Gasteiger partial charge >= 0.3 is 0 Å². The molecule has 1 heterocycles. The van der Waals surface area contributed by atoms with Gasteiger partial charge < -0.3 is 19.9 Å². The Kier molecular flexibility index (Phi) is 7.53. The first kappa shape index (κ1) is 16.2. The second-order valence-corrected chi connectivity index (χ2v) is 5.10. The Bertz CT molecular complexity index is 378. The molecule has 1 fully saturated rings. The zero-order valence-corrected chi connectivity index (χ0v) is 12.6. The number of hydrogen-bond donors (Lipinski definition) is 1. The number of morpholine rings is 1. The molecule has 2 N–H and O–H groups in total. The molecule has 1 aromatic rings. The third kappa shape index (κ3) is 6.44. The summed E-state index contributed by atoms with van der Waals surface area (Å²) in [6.45, 7) is 7.29. The maximum absolute atomic E-state index is 5.64. The van der Waals surface area contributed by atoms with Crippen LogP contribution in [0.2, 0.25) is 0 Å². The number of benzene rings is 1. The minimum absolute atomic E-state index is 0.583. The van der Waals surface area contributed by atoms with Crippen molar-refractivity contribution in [2.75, 3.05) is 59.2 Å². The van der Waals surface area contributed by atoms with E-state index in [2.05, 4.69) is 17.0 Å². The van der Waals surface area contributed by atoms with Gasteiger partial charge in [0.05, 0.1) is 26.4 Å². The van der Waals surface area contributed by atoms with E-state index in [0.717, 1.165) is 51.6 Å². The molecular weight excluding hydrogens is 268 g/mol. The number of nitrogens with zero attached hydrogens (tertiary/aromatic N) is 1. The molecule has 5 nitrogen and oxygen atoms in total. The van der Waals surface area contributed by atoms with E-state index in [9.17, 15) is 0 Å². The highest BCUT2D eigenvalue weighted by molar-refractivity contribution is 5.27. The van der Waals surface area contributed by atoms with Crippen LogP contribution < -0.4 is 10.5 Å². The molecule has 21 heavy (non-hydrogen) atoms. The van der Waals surface area contributed by atoms with E-state index in [1.807, 2.05) is 12.1 Å². The number of nitrogens with two attached hydrogens (primary N) is 1. The van der Waals surface area contributed by atoms with Crippen molar-refractivity contribution in [1.82, 2.24) is 4.90 Å². The molecule has 0 saturated carbocycles. The van der Waals surface area contributed by atoms with Crippen LogP contribution in [0.3, 0.4) is 0 Å². The van der Waals surface area contributed by atoms with Crippen LogP contribution in [-0.2, 0) is 15.9 Å². The van der Waals surface area contributed by atoms with E-state index >= 15 is 0 Å². The molecule has 118 valence electrons. The second kappa shape index (κ2) is 9.73. The fraction of sp³-hybridized carbons (Fsp3) is 0.625. The van der Waals surface area contributed by atoms with E-state index in [1.165, 1.54) is 5.56 Å². The van der Waals surface area contributed by atoms with Crippen molar-refractivity contribution in [3.05, 3.63) is 29.8 Å². The molecular formula is C16H26N2O3. The monoisotopic (exact) mass is 294 g/mol. The van der Waals surface area contributed by atoms with Crippen LogP contribution in [0.4, 0.5) is 0 Å². The van der Waals surface area contributed by atoms with Crippen LogP contribution >= 0.6 is 0 Å². The van der Waals surface area contributed by atoms with Gasteiger partial charge in [0.15, 0.2) is 0 Å². The lowest BCUT2D eigenvalue weighted by atomic mass is 10.1. The summed E-state index contributed by atoms with van der Waals surface area (Å²) in [5.41, 5.74) is 6.76.